The van der Waals surface area contributed by atoms with E-state index in [2.05, 4.69) is 9.44 Å². The summed E-state index contributed by atoms with van der Waals surface area (Å²) in [5.74, 6) is -1.28. The number of furan rings is 1. The number of carboxylic acid groups (broad SMARTS) is 1. The van der Waals surface area contributed by atoms with Crippen molar-refractivity contribution in [2.75, 3.05) is 10.5 Å². The van der Waals surface area contributed by atoms with Gasteiger partial charge in [0.1, 0.15) is 17.4 Å². The molecule has 0 radical (unpaired) electrons. The number of carboxylic acids is 1. The maximum Gasteiger partial charge on any atom is 0.321 e. The molecule has 176 valence electrons. The van der Waals surface area contributed by atoms with Crippen LogP contribution in [0.25, 0.3) is 11.0 Å². The minimum Gasteiger partial charge on any atom is -0.480 e. The molecule has 1 heterocycles. The van der Waals surface area contributed by atoms with Gasteiger partial charge in [-0.05, 0) is 49.9 Å². The maximum atomic E-state index is 13.2. The summed E-state index contributed by atoms with van der Waals surface area (Å²) in [6.07, 6.45) is 2.82. The van der Waals surface area contributed by atoms with Crippen LogP contribution in [-0.4, -0.2) is 39.7 Å². The molecule has 33 heavy (non-hydrogen) atoms. The van der Waals surface area contributed by atoms with E-state index in [1.807, 2.05) is 0 Å². The van der Waals surface area contributed by atoms with E-state index in [0.717, 1.165) is 30.6 Å². The van der Waals surface area contributed by atoms with Gasteiger partial charge in [0, 0.05) is 23.1 Å². The number of aliphatic carboxylic acids is 1. The normalized spacial score (nSPS) is 15.2. The second-order valence-electron chi connectivity index (χ2n) is 7.93. The monoisotopic (exact) mass is 492 g/mol. The number of benzene rings is 2. The molecule has 0 aliphatic heterocycles. The lowest BCUT2D eigenvalue weighted by Crippen LogP contribution is -2.42. The fourth-order valence-corrected chi connectivity index (χ4v) is 6.61. The lowest BCUT2D eigenvalue weighted by Gasteiger charge is -2.16. The van der Waals surface area contributed by atoms with Crippen LogP contribution in [0.2, 0.25) is 0 Å². The summed E-state index contributed by atoms with van der Waals surface area (Å²) < 4.78 is 61.5. The molecule has 1 aromatic heterocycles. The minimum atomic E-state index is -4.27. The van der Waals surface area contributed by atoms with E-state index >= 15 is 0 Å². The Morgan fingerprint density at radius 2 is 1.73 bits per heavy atom. The van der Waals surface area contributed by atoms with Crippen LogP contribution in [0.3, 0.4) is 0 Å². The highest BCUT2D eigenvalue weighted by molar-refractivity contribution is 7.92. The van der Waals surface area contributed by atoms with Crippen molar-refractivity contribution in [3.8, 4) is 0 Å². The molecule has 2 aromatic carbocycles. The summed E-state index contributed by atoms with van der Waals surface area (Å²) >= 11 is 0. The number of hydrogen-bond acceptors (Lipinski definition) is 6. The topological polar surface area (TPSA) is 143 Å². The minimum absolute atomic E-state index is 0.0663. The Balaban J connectivity index is 1.56. The van der Waals surface area contributed by atoms with Gasteiger partial charge in [-0.25, -0.2) is 16.8 Å². The lowest BCUT2D eigenvalue weighted by molar-refractivity contribution is -0.139. The van der Waals surface area contributed by atoms with Crippen LogP contribution in [0.15, 0.2) is 57.8 Å². The number of carbonyl (C=O) groups is 1. The molecule has 1 aliphatic rings. The van der Waals surface area contributed by atoms with Crippen LogP contribution in [0, 0.1) is 0 Å². The van der Waals surface area contributed by atoms with Gasteiger partial charge in [-0.2, -0.15) is 4.72 Å². The molecule has 0 bridgehead atoms. The van der Waals surface area contributed by atoms with Crippen molar-refractivity contribution in [3.05, 3.63) is 59.9 Å². The van der Waals surface area contributed by atoms with Gasteiger partial charge in [0.15, 0.2) is 0 Å². The number of anilines is 1. The number of rotatable bonds is 9. The van der Waals surface area contributed by atoms with E-state index in [0.29, 0.717) is 23.1 Å². The molecule has 9 nitrogen and oxygen atoms in total. The van der Waals surface area contributed by atoms with Crippen molar-refractivity contribution in [1.82, 2.24) is 4.72 Å². The van der Waals surface area contributed by atoms with Crippen molar-refractivity contribution in [2.45, 2.75) is 43.0 Å². The number of para-hydroxylation sites is 1. The number of hydrogen-bond donors (Lipinski definition) is 3. The van der Waals surface area contributed by atoms with Gasteiger partial charge in [0.25, 0.3) is 0 Å². The van der Waals surface area contributed by atoms with Crippen LogP contribution in [0.4, 0.5) is 5.69 Å². The summed E-state index contributed by atoms with van der Waals surface area (Å²) in [4.78, 5) is 11.7. The average Bonchev–Trinajstić information content (AvgIpc) is 3.15. The summed E-state index contributed by atoms with van der Waals surface area (Å²) in [5, 5.41) is 10.0. The molecule has 1 aliphatic carbocycles. The third kappa shape index (κ3) is 5.21. The molecular formula is C22H24N2O7S2. The average molecular weight is 493 g/mol. The summed E-state index contributed by atoms with van der Waals surface area (Å²) in [7, 11) is -8.15. The molecule has 0 spiro atoms. The summed E-state index contributed by atoms with van der Waals surface area (Å²) in [5.41, 5.74) is 1.60. The summed E-state index contributed by atoms with van der Waals surface area (Å²) in [6.45, 7) is 0. The van der Waals surface area contributed by atoms with E-state index < -0.39 is 44.2 Å². The standard InChI is InChI=1S/C22H24N2O7S2/c25-22(26)17(13-14-32(27,28)23-15-7-2-1-3-8-15)24-33(29,30)20-12-6-11-19-21(20)16-9-4-5-10-18(16)31-19/h1-3,6-8,11-12,17,23-24H,4-5,9-10,13-14H2,(H,25,26)/t17-/m0/s1. The first-order chi connectivity index (χ1) is 15.7. The first kappa shape index (κ1) is 23.3. The highest BCUT2D eigenvalue weighted by Gasteiger charge is 2.30. The zero-order valence-corrected chi connectivity index (χ0v) is 19.3. The first-order valence-corrected chi connectivity index (χ1v) is 13.6. The highest BCUT2D eigenvalue weighted by atomic mass is 32.2. The largest absolute Gasteiger partial charge is 0.480 e. The zero-order chi connectivity index (χ0) is 23.6. The van der Waals surface area contributed by atoms with Gasteiger partial charge in [0.2, 0.25) is 20.0 Å². The van der Waals surface area contributed by atoms with Gasteiger partial charge in [-0.3, -0.25) is 9.52 Å². The predicted octanol–water partition coefficient (Wildman–Crippen LogP) is 2.88. The Morgan fingerprint density at radius 3 is 2.45 bits per heavy atom. The van der Waals surface area contributed by atoms with Crippen molar-refractivity contribution in [3.63, 3.8) is 0 Å². The van der Waals surface area contributed by atoms with Gasteiger partial charge in [0.05, 0.1) is 10.6 Å². The van der Waals surface area contributed by atoms with Crippen LogP contribution in [0.1, 0.15) is 30.6 Å². The zero-order valence-electron chi connectivity index (χ0n) is 17.7. The molecule has 3 aromatic rings. The Morgan fingerprint density at radius 1 is 1.00 bits per heavy atom. The van der Waals surface area contributed by atoms with Crippen molar-refractivity contribution >= 4 is 42.7 Å². The third-order valence-corrected chi connectivity index (χ3v) is 8.38. The van der Waals surface area contributed by atoms with Crippen LogP contribution < -0.4 is 9.44 Å². The highest BCUT2D eigenvalue weighted by Crippen LogP contribution is 2.35. The molecule has 4 rings (SSSR count). The van der Waals surface area contributed by atoms with E-state index in [1.165, 1.54) is 12.1 Å². The van der Waals surface area contributed by atoms with Gasteiger partial charge in [-0.1, -0.05) is 24.3 Å². The Labute approximate surface area is 191 Å². The SMILES string of the molecule is O=C(O)[C@H](CCS(=O)(=O)Nc1ccccc1)NS(=O)(=O)c1cccc2oc3c(c12)CCCC3. The van der Waals surface area contributed by atoms with E-state index in [1.54, 1.807) is 36.4 Å². The molecule has 11 heteroatoms. The van der Waals surface area contributed by atoms with E-state index in [-0.39, 0.29) is 4.90 Å². The second kappa shape index (κ2) is 9.16. The lowest BCUT2D eigenvalue weighted by atomic mass is 9.96. The quantitative estimate of drug-likeness (QED) is 0.417. The van der Waals surface area contributed by atoms with Crippen LogP contribution in [0.5, 0.6) is 0 Å². The number of fused-ring (bicyclic) bond motifs is 3. The Kier molecular flexibility index (Phi) is 6.46. The molecular weight excluding hydrogens is 468 g/mol. The summed E-state index contributed by atoms with van der Waals surface area (Å²) in [6, 6.07) is 11.1. The fraction of sp³-hybridized carbons (Fsp3) is 0.318. The van der Waals surface area contributed by atoms with Crippen LogP contribution >= 0.6 is 0 Å². The van der Waals surface area contributed by atoms with E-state index in [4.69, 9.17) is 4.42 Å². The Bertz CT molecular complexity index is 1380. The Hall–Kier alpha value is -2.89. The van der Waals surface area contributed by atoms with Crippen LogP contribution in [-0.2, 0) is 37.7 Å². The van der Waals surface area contributed by atoms with Crippen molar-refractivity contribution in [1.29, 1.82) is 0 Å². The van der Waals surface area contributed by atoms with Gasteiger partial charge < -0.3 is 9.52 Å². The maximum absolute atomic E-state index is 13.2. The molecule has 0 saturated carbocycles. The van der Waals surface area contributed by atoms with E-state index in [9.17, 15) is 26.7 Å². The fourth-order valence-electron chi connectivity index (χ4n) is 4.00. The van der Waals surface area contributed by atoms with Gasteiger partial charge >= 0.3 is 5.97 Å². The smallest absolute Gasteiger partial charge is 0.321 e. The van der Waals surface area contributed by atoms with Crippen molar-refractivity contribution < 1.29 is 31.2 Å². The number of nitrogens with one attached hydrogen (secondary N) is 2. The number of sulfonamides is 2. The molecule has 3 N–H and O–H groups in total. The first-order valence-electron chi connectivity index (χ1n) is 10.5. The predicted molar refractivity (Wildman–Crippen MR) is 123 cm³/mol. The molecule has 1 atom stereocenters. The molecule has 0 amide bonds. The second-order valence-corrected chi connectivity index (χ2v) is 11.5. The molecule has 0 unspecified atom stereocenters. The molecule has 0 saturated heterocycles. The molecule has 0 fully saturated rings. The third-order valence-electron chi connectivity index (χ3n) is 5.55. The number of aryl methyl sites for hydroxylation is 2. The van der Waals surface area contributed by atoms with Crippen molar-refractivity contribution in [2.24, 2.45) is 0 Å². The van der Waals surface area contributed by atoms with Gasteiger partial charge in [-0.15, -0.1) is 0 Å².